The van der Waals surface area contributed by atoms with Gasteiger partial charge >= 0.3 is 0 Å². The van der Waals surface area contributed by atoms with Gasteiger partial charge in [0.2, 0.25) is 0 Å². The van der Waals surface area contributed by atoms with Crippen molar-refractivity contribution in [3.63, 3.8) is 0 Å². The van der Waals surface area contributed by atoms with Crippen molar-refractivity contribution in [1.29, 1.82) is 0 Å². The fraction of sp³-hybridized carbons (Fsp3) is 0.667. The van der Waals surface area contributed by atoms with Crippen LogP contribution >= 0.6 is 0 Å². The second-order valence-electron chi connectivity index (χ2n) is 3.79. The molecule has 3 unspecified atom stereocenters. The Balaban J connectivity index is 0. The second kappa shape index (κ2) is 7.93. The zero-order chi connectivity index (χ0) is 8.27. The van der Waals surface area contributed by atoms with Crippen LogP contribution in [0.1, 0.15) is 32.1 Å². The number of fused-ring (bicyclic) bond motifs is 2. The van der Waals surface area contributed by atoms with E-state index in [1.807, 2.05) is 0 Å². The van der Waals surface area contributed by atoms with E-state index in [4.69, 9.17) is 0 Å². The van der Waals surface area contributed by atoms with Crippen LogP contribution in [0.3, 0.4) is 0 Å². The fourth-order valence-corrected chi connectivity index (χ4v) is 2.60. The molecule has 0 nitrogen and oxygen atoms in total. The van der Waals surface area contributed by atoms with Gasteiger partial charge in [0.1, 0.15) is 0 Å². The van der Waals surface area contributed by atoms with Gasteiger partial charge in [0.05, 0.1) is 0 Å². The summed E-state index contributed by atoms with van der Waals surface area (Å²) in [6.07, 6.45) is 15.4. The first-order valence-electron chi connectivity index (χ1n) is 4.52. The summed E-state index contributed by atoms with van der Waals surface area (Å²) >= 11 is 0. The average molecular weight is 401 g/mol. The molecule has 2 aliphatic rings. The van der Waals surface area contributed by atoms with Crippen LogP contribution in [0.25, 0.3) is 0 Å². The van der Waals surface area contributed by atoms with Crippen molar-refractivity contribution < 1.29 is 29.9 Å². The van der Waals surface area contributed by atoms with Crippen molar-refractivity contribution in [1.82, 2.24) is 0 Å². The molecule has 2 aliphatic carbocycles. The number of rotatable bonds is 0. The summed E-state index contributed by atoms with van der Waals surface area (Å²) in [5, 5.41) is 0. The summed E-state index contributed by atoms with van der Waals surface area (Å²) < 4.78 is 0. The van der Waals surface area contributed by atoms with E-state index in [-0.39, 0.29) is 37.4 Å². The molecule has 0 aromatic heterocycles. The summed E-state index contributed by atoms with van der Waals surface area (Å²) in [5.41, 5.74) is 0. The zero-order valence-electron chi connectivity index (χ0n) is 8.58. The maximum atomic E-state index is 4.18. The zero-order valence-corrected chi connectivity index (χ0v) is 12.3. The van der Waals surface area contributed by atoms with Gasteiger partial charge < -0.3 is 14.4 Å². The van der Waals surface area contributed by atoms with E-state index in [9.17, 15) is 0 Å². The number of terminal acetylenes is 1. The maximum Gasteiger partial charge on any atom is 0 e. The molecule has 0 amide bonds. The summed E-state index contributed by atoms with van der Waals surface area (Å²) in [7, 11) is 0. The number of hydrogen-bond donors (Lipinski definition) is 0. The summed E-state index contributed by atoms with van der Waals surface area (Å²) in [6.45, 7) is 4.18. The monoisotopic (exact) mass is 400 g/mol. The molecule has 2 rings (SSSR count). The molecule has 2 saturated carbocycles. The Morgan fingerprint density at radius 2 is 1.69 bits per heavy atom. The minimum atomic E-state index is 0. The molecule has 13 heavy (non-hydrogen) atoms. The van der Waals surface area contributed by atoms with Crippen LogP contribution in [0.5, 0.6) is 0 Å². The van der Waals surface area contributed by atoms with Gasteiger partial charge in [-0.3, -0.25) is 0 Å². The largest absolute Gasteiger partial charge is 0.358 e. The standard InChI is InChI=1S/C9H15.C2H2.CH3.Np/c1-7-5-8-3-2-4-9(7)6-8;1-2;;/h7-9H,1-6H2;1-2H;1H3;/q-1;;-1;. The van der Waals surface area contributed by atoms with Gasteiger partial charge in [-0.2, -0.15) is 5.92 Å². The second-order valence-corrected chi connectivity index (χ2v) is 3.79. The molecule has 3 atom stereocenters. The van der Waals surface area contributed by atoms with Crippen LogP contribution in [-0.2, 0) is 0 Å². The molecule has 1 radical (unpaired) electrons. The van der Waals surface area contributed by atoms with Crippen LogP contribution in [0.2, 0.25) is 0 Å². The Hall–Kier alpha value is 0.573. The van der Waals surface area contributed by atoms with Crippen molar-refractivity contribution in [2.45, 2.75) is 32.1 Å². The van der Waals surface area contributed by atoms with Crippen LogP contribution in [0.4, 0.5) is 0 Å². The molecular weight excluding hydrogens is 381 g/mol. The molecule has 0 saturated heterocycles. The Morgan fingerprint density at radius 3 is 2.15 bits per heavy atom. The topological polar surface area (TPSA) is 0 Å². The van der Waals surface area contributed by atoms with E-state index in [1.54, 1.807) is 0 Å². The van der Waals surface area contributed by atoms with E-state index in [0.29, 0.717) is 0 Å². The third-order valence-electron chi connectivity index (χ3n) is 3.13. The Bertz CT molecular complexity index is 137. The van der Waals surface area contributed by atoms with Crippen molar-refractivity contribution in [3.8, 4) is 12.8 Å². The van der Waals surface area contributed by atoms with E-state index in [2.05, 4.69) is 19.8 Å². The Labute approximate surface area is 107 Å². The van der Waals surface area contributed by atoms with Gasteiger partial charge in [-0.25, -0.2) is 0 Å². The van der Waals surface area contributed by atoms with Crippen molar-refractivity contribution >= 4 is 0 Å². The van der Waals surface area contributed by atoms with Gasteiger partial charge in [0.15, 0.2) is 0 Å². The fourth-order valence-electron chi connectivity index (χ4n) is 2.60. The van der Waals surface area contributed by atoms with Crippen LogP contribution in [0, 0.1) is 74.9 Å². The summed E-state index contributed by atoms with van der Waals surface area (Å²) in [6, 6.07) is 0. The average Bonchev–Trinajstić information content (AvgIpc) is 2.31. The molecule has 2 bridgehead atoms. The summed E-state index contributed by atoms with van der Waals surface area (Å²) in [4.78, 5) is 0. The van der Waals surface area contributed by atoms with Gasteiger partial charge in [0.25, 0.3) is 0 Å². The molecule has 75 valence electrons. The van der Waals surface area contributed by atoms with E-state index < -0.39 is 0 Å². The van der Waals surface area contributed by atoms with Crippen molar-refractivity contribution in [2.75, 3.05) is 0 Å². The Kier molecular flexibility index (Phi) is 9.77. The van der Waals surface area contributed by atoms with E-state index in [0.717, 1.165) is 17.8 Å². The minimum absolute atomic E-state index is 0. The SMILES string of the molecule is C#C.[CH2-]C1CC2CCCC1C2.[CH3-].[Np]. The first-order valence-corrected chi connectivity index (χ1v) is 4.52. The molecular formula is C12H20Np-2. The maximum absolute atomic E-state index is 4.18. The molecule has 0 heterocycles. The first kappa shape index (κ1) is 16.0. The van der Waals surface area contributed by atoms with Gasteiger partial charge in [-0.1, -0.05) is 31.6 Å². The predicted molar refractivity (Wildman–Crippen MR) is 55.2 cm³/mol. The molecule has 0 aromatic rings. The normalized spacial score (nSPS) is 34.5. The molecule has 0 aromatic carbocycles. The van der Waals surface area contributed by atoms with Crippen LogP contribution < -0.4 is 0 Å². The van der Waals surface area contributed by atoms with Crippen molar-refractivity contribution in [3.05, 3.63) is 14.4 Å². The van der Waals surface area contributed by atoms with E-state index in [1.165, 1.54) is 32.1 Å². The molecule has 0 spiro atoms. The summed E-state index contributed by atoms with van der Waals surface area (Å²) in [5.74, 6) is 2.91. The molecule has 1 heteroatoms. The smallest absolute Gasteiger partial charge is 0 e. The quantitative estimate of drug-likeness (QED) is 0.432. The van der Waals surface area contributed by atoms with E-state index >= 15 is 0 Å². The minimum Gasteiger partial charge on any atom is -0.358 e. The van der Waals surface area contributed by atoms with Gasteiger partial charge in [-0.15, -0.1) is 12.8 Å². The molecule has 2 fully saturated rings. The first-order chi connectivity index (χ1) is 5.36. The van der Waals surface area contributed by atoms with Gasteiger partial charge in [-0.05, 0) is 12.3 Å². The third kappa shape index (κ3) is 4.07. The van der Waals surface area contributed by atoms with Gasteiger partial charge in [0, 0.05) is 29.9 Å². The number of hydrogen-bond acceptors (Lipinski definition) is 0. The molecule has 0 N–H and O–H groups in total. The van der Waals surface area contributed by atoms with Crippen LogP contribution in [0.15, 0.2) is 0 Å². The third-order valence-corrected chi connectivity index (χ3v) is 3.13. The van der Waals surface area contributed by atoms with Crippen LogP contribution in [-0.4, -0.2) is 0 Å². The Morgan fingerprint density at radius 1 is 1.08 bits per heavy atom. The molecule has 0 aliphatic heterocycles. The predicted octanol–water partition coefficient (Wildman–Crippen LogP) is 3.35. The van der Waals surface area contributed by atoms with Crippen molar-refractivity contribution in [2.24, 2.45) is 17.8 Å².